The molecule has 1 aromatic rings. The molecule has 1 heterocycles. The predicted molar refractivity (Wildman–Crippen MR) is 81.9 cm³/mol. The Kier molecular flexibility index (Phi) is 5.20. The number of halogens is 1. The molecule has 1 aromatic carbocycles. The maximum atomic E-state index is 12.1. The van der Waals surface area contributed by atoms with Gasteiger partial charge in [-0.3, -0.25) is 9.69 Å². The fraction of sp³-hybridized carbons (Fsp3) is 0.467. The number of benzene rings is 1. The van der Waals surface area contributed by atoms with Gasteiger partial charge in [-0.25, -0.2) is 4.79 Å². The Morgan fingerprint density at radius 3 is 2.90 bits per heavy atom. The summed E-state index contributed by atoms with van der Waals surface area (Å²) in [6.07, 6.45) is 2.30. The number of hydrogen-bond donors (Lipinski definition) is 2. The zero-order valence-electron chi connectivity index (χ0n) is 11.9. The Bertz CT molecular complexity index is 548. The van der Waals surface area contributed by atoms with Crippen molar-refractivity contribution in [1.82, 2.24) is 4.90 Å². The summed E-state index contributed by atoms with van der Waals surface area (Å²) in [4.78, 5) is 25.1. The number of aromatic carboxylic acids is 1. The van der Waals surface area contributed by atoms with Crippen LogP contribution in [0.1, 0.15) is 30.1 Å². The van der Waals surface area contributed by atoms with E-state index in [0.717, 1.165) is 19.5 Å². The van der Waals surface area contributed by atoms with Crippen LogP contribution in [0.25, 0.3) is 0 Å². The largest absolute Gasteiger partial charge is 0.478 e. The highest BCUT2D eigenvalue weighted by molar-refractivity contribution is 6.33. The molecule has 1 atom stereocenters. The first-order valence-corrected chi connectivity index (χ1v) is 7.38. The fourth-order valence-electron chi connectivity index (χ4n) is 2.58. The third kappa shape index (κ3) is 4.44. The number of carboxylic acids is 1. The van der Waals surface area contributed by atoms with Crippen molar-refractivity contribution in [3.63, 3.8) is 0 Å². The predicted octanol–water partition coefficient (Wildman–Crippen LogP) is 2.71. The Morgan fingerprint density at radius 2 is 2.24 bits per heavy atom. The van der Waals surface area contributed by atoms with Gasteiger partial charge >= 0.3 is 5.97 Å². The second-order valence-electron chi connectivity index (χ2n) is 5.53. The lowest BCUT2D eigenvalue weighted by atomic mass is 10.0. The first kappa shape index (κ1) is 15.8. The molecule has 0 aliphatic carbocycles. The fourth-order valence-corrected chi connectivity index (χ4v) is 2.74. The zero-order valence-corrected chi connectivity index (χ0v) is 12.7. The number of rotatable bonds is 4. The van der Waals surface area contributed by atoms with E-state index in [-0.39, 0.29) is 11.5 Å². The lowest BCUT2D eigenvalue weighted by Crippen LogP contribution is -2.39. The quantitative estimate of drug-likeness (QED) is 0.897. The van der Waals surface area contributed by atoms with Crippen molar-refractivity contribution in [2.75, 3.05) is 25.0 Å². The number of carboxylic acid groups (broad SMARTS) is 1. The number of anilines is 1. The molecule has 1 aliphatic rings. The van der Waals surface area contributed by atoms with E-state index in [1.54, 1.807) is 0 Å². The third-order valence-electron chi connectivity index (χ3n) is 3.60. The molecule has 6 heteroatoms. The van der Waals surface area contributed by atoms with Crippen LogP contribution in [0.5, 0.6) is 0 Å². The number of carbonyl (C=O) groups excluding carboxylic acids is 1. The van der Waals surface area contributed by atoms with Crippen LogP contribution >= 0.6 is 11.6 Å². The van der Waals surface area contributed by atoms with E-state index in [2.05, 4.69) is 17.1 Å². The van der Waals surface area contributed by atoms with E-state index in [1.807, 2.05) is 0 Å². The molecule has 1 saturated heterocycles. The van der Waals surface area contributed by atoms with Crippen LogP contribution in [-0.2, 0) is 4.79 Å². The van der Waals surface area contributed by atoms with Crippen LogP contribution in [0.15, 0.2) is 18.2 Å². The lowest BCUT2D eigenvalue weighted by molar-refractivity contribution is -0.117. The van der Waals surface area contributed by atoms with Gasteiger partial charge in [-0.1, -0.05) is 18.5 Å². The molecular formula is C15H19ClN2O3. The summed E-state index contributed by atoms with van der Waals surface area (Å²) in [5, 5.41) is 12.0. The SMILES string of the molecule is CC1CCCN(CC(=O)Nc2cc(C(=O)O)ccc2Cl)C1. The molecule has 1 fully saturated rings. The van der Waals surface area contributed by atoms with E-state index in [4.69, 9.17) is 16.7 Å². The topological polar surface area (TPSA) is 69.6 Å². The molecule has 1 aliphatic heterocycles. The summed E-state index contributed by atoms with van der Waals surface area (Å²) >= 11 is 5.99. The monoisotopic (exact) mass is 310 g/mol. The normalized spacial score (nSPS) is 19.2. The van der Waals surface area contributed by atoms with Crippen LogP contribution in [0, 0.1) is 5.92 Å². The molecule has 114 valence electrons. The Morgan fingerprint density at radius 1 is 1.48 bits per heavy atom. The van der Waals surface area contributed by atoms with Gasteiger partial charge in [-0.15, -0.1) is 0 Å². The Labute approximate surface area is 128 Å². The molecule has 1 amide bonds. The minimum atomic E-state index is -1.05. The second-order valence-corrected chi connectivity index (χ2v) is 5.94. The van der Waals surface area contributed by atoms with Gasteiger partial charge in [-0.05, 0) is 43.5 Å². The molecule has 0 bridgehead atoms. The smallest absolute Gasteiger partial charge is 0.335 e. The van der Waals surface area contributed by atoms with Gasteiger partial charge in [0.1, 0.15) is 0 Å². The van der Waals surface area contributed by atoms with Crippen molar-refractivity contribution < 1.29 is 14.7 Å². The molecule has 0 aromatic heterocycles. The van der Waals surface area contributed by atoms with E-state index >= 15 is 0 Å². The van der Waals surface area contributed by atoms with Crippen molar-refractivity contribution in [3.05, 3.63) is 28.8 Å². The first-order chi connectivity index (χ1) is 9.95. The molecule has 0 radical (unpaired) electrons. The Hall–Kier alpha value is -1.59. The number of carbonyl (C=O) groups is 2. The van der Waals surface area contributed by atoms with Gasteiger partial charge in [0, 0.05) is 6.54 Å². The average Bonchev–Trinajstić information content (AvgIpc) is 2.41. The summed E-state index contributed by atoms with van der Waals surface area (Å²) in [7, 11) is 0. The van der Waals surface area contributed by atoms with Crippen molar-refractivity contribution in [2.24, 2.45) is 5.92 Å². The van der Waals surface area contributed by atoms with Crippen LogP contribution in [0.2, 0.25) is 5.02 Å². The molecule has 2 rings (SSSR count). The van der Waals surface area contributed by atoms with Crippen LogP contribution in [0.3, 0.4) is 0 Å². The third-order valence-corrected chi connectivity index (χ3v) is 3.93. The lowest BCUT2D eigenvalue weighted by Gasteiger charge is -2.30. The van der Waals surface area contributed by atoms with Crippen molar-refractivity contribution in [2.45, 2.75) is 19.8 Å². The number of nitrogens with zero attached hydrogens (tertiary/aromatic N) is 1. The van der Waals surface area contributed by atoms with Gasteiger partial charge < -0.3 is 10.4 Å². The minimum absolute atomic E-state index is 0.0984. The van der Waals surface area contributed by atoms with E-state index in [9.17, 15) is 9.59 Å². The highest BCUT2D eigenvalue weighted by Crippen LogP contribution is 2.23. The standard InChI is InChI=1S/C15H19ClN2O3/c1-10-3-2-6-18(8-10)9-14(19)17-13-7-11(15(20)21)4-5-12(13)16/h4-5,7,10H,2-3,6,8-9H2,1H3,(H,17,19)(H,20,21). The highest BCUT2D eigenvalue weighted by atomic mass is 35.5. The first-order valence-electron chi connectivity index (χ1n) is 7.00. The maximum Gasteiger partial charge on any atom is 0.335 e. The second kappa shape index (κ2) is 6.91. The Balaban J connectivity index is 1.99. The maximum absolute atomic E-state index is 12.1. The van der Waals surface area contributed by atoms with Gasteiger partial charge in [0.15, 0.2) is 0 Å². The summed E-state index contributed by atoms with van der Waals surface area (Å²) in [6, 6.07) is 4.26. The number of hydrogen-bond acceptors (Lipinski definition) is 3. The molecule has 1 unspecified atom stereocenters. The van der Waals surface area contributed by atoms with Crippen molar-refractivity contribution >= 4 is 29.2 Å². The summed E-state index contributed by atoms with van der Waals surface area (Å²) in [6.45, 7) is 4.31. The van der Waals surface area contributed by atoms with Crippen LogP contribution in [0.4, 0.5) is 5.69 Å². The van der Waals surface area contributed by atoms with Gasteiger partial charge in [0.25, 0.3) is 0 Å². The summed E-state index contributed by atoms with van der Waals surface area (Å²) in [5.74, 6) is -0.619. The molecule has 5 nitrogen and oxygen atoms in total. The van der Waals surface area contributed by atoms with Crippen molar-refractivity contribution in [3.8, 4) is 0 Å². The molecule has 0 spiro atoms. The summed E-state index contributed by atoms with van der Waals surface area (Å²) in [5.41, 5.74) is 0.438. The highest BCUT2D eigenvalue weighted by Gasteiger charge is 2.19. The van der Waals surface area contributed by atoms with Gasteiger partial charge in [0.05, 0.1) is 22.8 Å². The number of piperidine rings is 1. The van der Waals surface area contributed by atoms with Crippen molar-refractivity contribution in [1.29, 1.82) is 0 Å². The molecule has 2 N–H and O–H groups in total. The minimum Gasteiger partial charge on any atom is -0.478 e. The van der Waals surface area contributed by atoms with E-state index in [1.165, 1.54) is 24.6 Å². The van der Waals surface area contributed by atoms with E-state index in [0.29, 0.717) is 23.2 Å². The van der Waals surface area contributed by atoms with E-state index < -0.39 is 5.97 Å². The number of amides is 1. The molecular weight excluding hydrogens is 292 g/mol. The molecule has 0 saturated carbocycles. The van der Waals surface area contributed by atoms with Gasteiger partial charge in [0.2, 0.25) is 5.91 Å². The number of nitrogens with one attached hydrogen (secondary N) is 1. The number of likely N-dealkylation sites (tertiary alicyclic amines) is 1. The van der Waals surface area contributed by atoms with Gasteiger partial charge in [-0.2, -0.15) is 0 Å². The zero-order chi connectivity index (χ0) is 15.4. The van der Waals surface area contributed by atoms with Crippen LogP contribution in [-0.4, -0.2) is 41.5 Å². The average molecular weight is 311 g/mol. The van der Waals surface area contributed by atoms with Crippen LogP contribution < -0.4 is 5.32 Å². The molecule has 21 heavy (non-hydrogen) atoms. The summed E-state index contributed by atoms with van der Waals surface area (Å²) < 4.78 is 0.